The minimum absolute atomic E-state index is 0.0822. The van der Waals surface area contributed by atoms with E-state index in [1.165, 1.54) is 12.1 Å². The molecule has 2 rings (SSSR count). The number of carboxylic acids is 1. The van der Waals surface area contributed by atoms with E-state index < -0.39 is 11.9 Å². The summed E-state index contributed by atoms with van der Waals surface area (Å²) in [6, 6.07) is 6.42. The van der Waals surface area contributed by atoms with Crippen molar-refractivity contribution in [2.75, 3.05) is 0 Å². The Kier molecular flexibility index (Phi) is 4.17. The predicted octanol–water partition coefficient (Wildman–Crippen LogP) is 4.46. The molecule has 0 saturated heterocycles. The molecule has 3 unspecified atom stereocenters. The van der Waals surface area contributed by atoms with Crippen LogP contribution in [0.3, 0.4) is 0 Å². The Morgan fingerprint density at radius 1 is 1.30 bits per heavy atom. The third-order valence-corrected chi connectivity index (χ3v) is 4.67. The second-order valence-corrected chi connectivity index (χ2v) is 6.98. The molecule has 0 amide bonds. The van der Waals surface area contributed by atoms with Gasteiger partial charge in [-0.2, -0.15) is 0 Å². The molecule has 1 saturated carbocycles. The maximum absolute atomic E-state index is 13.4. The average Bonchev–Trinajstić information content (AvgIpc) is 2.37. The summed E-state index contributed by atoms with van der Waals surface area (Å²) in [6.07, 6.45) is 2.44. The lowest BCUT2D eigenvalue weighted by Crippen LogP contribution is -2.34. The third kappa shape index (κ3) is 3.20. The smallest absolute Gasteiger partial charge is 0.307 e. The van der Waals surface area contributed by atoms with Gasteiger partial charge >= 0.3 is 5.97 Å². The lowest BCUT2D eigenvalue weighted by molar-refractivity contribution is -0.144. The van der Waals surface area contributed by atoms with Crippen LogP contribution in [0.4, 0.5) is 4.39 Å². The number of aliphatic carboxylic acids is 1. The van der Waals surface area contributed by atoms with E-state index in [4.69, 9.17) is 0 Å². The van der Waals surface area contributed by atoms with E-state index in [1.54, 1.807) is 6.07 Å². The first kappa shape index (κ1) is 15.0. The molecule has 1 aromatic rings. The maximum Gasteiger partial charge on any atom is 0.307 e. The number of carboxylic acid groups (broad SMARTS) is 1. The quantitative estimate of drug-likeness (QED) is 0.867. The zero-order valence-corrected chi connectivity index (χ0v) is 12.4. The van der Waals surface area contributed by atoms with Crippen LogP contribution in [0.1, 0.15) is 51.5 Å². The van der Waals surface area contributed by atoms with Crippen molar-refractivity contribution in [3.05, 3.63) is 35.6 Å². The summed E-state index contributed by atoms with van der Waals surface area (Å²) < 4.78 is 13.4. The van der Waals surface area contributed by atoms with Gasteiger partial charge in [-0.3, -0.25) is 4.79 Å². The number of halogens is 1. The Hall–Kier alpha value is -1.38. The van der Waals surface area contributed by atoms with Gasteiger partial charge in [0.2, 0.25) is 0 Å². The van der Waals surface area contributed by atoms with E-state index in [2.05, 4.69) is 20.8 Å². The molecule has 1 aliphatic carbocycles. The van der Waals surface area contributed by atoms with Crippen molar-refractivity contribution in [3.8, 4) is 0 Å². The number of hydrogen-bond acceptors (Lipinski definition) is 1. The largest absolute Gasteiger partial charge is 0.481 e. The topological polar surface area (TPSA) is 37.3 Å². The summed E-state index contributed by atoms with van der Waals surface area (Å²) in [7, 11) is 0. The molecule has 2 nitrogen and oxygen atoms in total. The zero-order valence-electron chi connectivity index (χ0n) is 12.4. The van der Waals surface area contributed by atoms with Crippen LogP contribution in [0.2, 0.25) is 0 Å². The molecule has 0 spiro atoms. The highest BCUT2D eigenvalue weighted by Gasteiger charge is 2.39. The SMILES string of the molecule is CC(C)(C)C1CCC(C(=O)O)C(c2cccc(F)c2)C1. The Morgan fingerprint density at radius 3 is 2.55 bits per heavy atom. The van der Waals surface area contributed by atoms with Crippen molar-refractivity contribution < 1.29 is 14.3 Å². The monoisotopic (exact) mass is 278 g/mol. The Labute approximate surface area is 120 Å². The lowest BCUT2D eigenvalue weighted by atomic mass is 9.64. The molecule has 1 fully saturated rings. The molecule has 0 aromatic heterocycles. The van der Waals surface area contributed by atoms with Gasteiger partial charge in [0, 0.05) is 0 Å². The van der Waals surface area contributed by atoms with Crippen LogP contribution in [-0.4, -0.2) is 11.1 Å². The minimum Gasteiger partial charge on any atom is -0.481 e. The first-order chi connectivity index (χ1) is 9.29. The molecule has 1 N–H and O–H groups in total. The standard InChI is InChI=1S/C17H23FO2/c1-17(2,3)12-7-8-14(16(19)20)15(10-12)11-5-4-6-13(18)9-11/h4-6,9,12,14-15H,7-8,10H2,1-3H3,(H,19,20). The predicted molar refractivity (Wildman–Crippen MR) is 77.1 cm³/mol. The van der Waals surface area contributed by atoms with Crippen molar-refractivity contribution in [1.29, 1.82) is 0 Å². The fraction of sp³-hybridized carbons (Fsp3) is 0.588. The van der Waals surface area contributed by atoms with Gasteiger partial charge in [0.15, 0.2) is 0 Å². The van der Waals surface area contributed by atoms with Gasteiger partial charge in [0.1, 0.15) is 5.82 Å². The molecule has 0 heterocycles. The first-order valence-corrected chi connectivity index (χ1v) is 7.27. The van der Waals surface area contributed by atoms with Crippen molar-refractivity contribution in [1.82, 2.24) is 0 Å². The van der Waals surface area contributed by atoms with E-state index in [-0.39, 0.29) is 17.2 Å². The number of benzene rings is 1. The fourth-order valence-corrected chi connectivity index (χ4v) is 3.36. The van der Waals surface area contributed by atoms with Gasteiger partial charge in [-0.15, -0.1) is 0 Å². The molecule has 3 atom stereocenters. The van der Waals surface area contributed by atoms with Crippen molar-refractivity contribution in [2.24, 2.45) is 17.3 Å². The van der Waals surface area contributed by atoms with E-state index in [1.807, 2.05) is 6.07 Å². The van der Waals surface area contributed by atoms with Crippen molar-refractivity contribution in [2.45, 2.75) is 46.0 Å². The minimum atomic E-state index is -0.758. The van der Waals surface area contributed by atoms with E-state index in [0.717, 1.165) is 18.4 Å². The molecular weight excluding hydrogens is 255 g/mol. The van der Waals surface area contributed by atoms with Crippen LogP contribution in [0.5, 0.6) is 0 Å². The number of hydrogen-bond donors (Lipinski definition) is 1. The Morgan fingerprint density at radius 2 is 2.00 bits per heavy atom. The van der Waals surface area contributed by atoms with Gasteiger partial charge in [-0.25, -0.2) is 4.39 Å². The highest BCUT2D eigenvalue weighted by Crippen LogP contribution is 2.46. The molecule has 20 heavy (non-hydrogen) atoms. The van der Waals surface area contributed by atoms with Crippen molar-refractivity contribution >= 4 is 5.97 Å². The summed E-state index contributed by atoms with van der Waals surface area (Å²) in [5, 5.41) is 9.43. The van der Waals surface area contributed by atoms with Gasteiger partial charge in [0.25, 0.3) is 0 Å². The van der Waals surface area contributed by atoms with Crippen LogP contribution in [-0.2, 0) is 4.79 Å². The van der Waals surface area contributed by atoms with E-state index >= 15 is 0 Å². The second kappa shape index (κ2) is 5.55. The molecular formula is C17H23FO2. The summed E-state index contributed by atoms with van der Waals surface area (Å²) in [6.45, 7) is 6.59. The highest BCUT2D eigenvalue weighted by molar-refractivity contribution is 5.71. The summed E-state index contributed by atoms with van der Waals surface area (Å²) in [5.74, 6) is -1.04. The van der Waals surface area contributed by atoms with Crippen LogP contribution >= 0.6 is 0 Å². The Balaban J connectivity index is 2.30. The summed E-state index contributed by atoms with van der Waals surface area (Å²) in [5.41, 5.74) is 0.987. The second-order valence-electron chi connectivity index (χ2n) is 6.98. The van der Waals surface area contributed by atoms with E-state index in [0.29, 0.717) is 12.3 Å². The average molecular weight is 278 g/mol. The van der Waals surface area contributed by atoms with Crippen molar-refractivity contribution in [3.63, 3.8) is 0 Å². The zero-order chi connectivity index (χ0) is 14.9. The normalized spacial score (nSPS) is 27.3. The molecule has 3 heteroatoms. The fourth-order valence-electron chi connectivity index (χ4n) is 3.36. The van der Waals surface area contributed by atoms with Gasteiger partial charge in [0.05, 0.1) is 5.92 Å². The van der Waals surface area contributed by atoms with Crippen LogP contribution in [0, 0.1) is 23.1 Å². The highest BCUT2D eigenvalue weighted by atomic mass is 19.1. The van der Waals surface area contributed by atoms with Gasteiger partial charge in [-0.1, -0.05) is 32.9 Å². The molecule has 0 aliphatic heterocycles. The number of carbonyl (C=O) groups is 1. The third-order valence-electron chi connectivity index (χ3n) is 4.67. The molecule has 1 aromatic carbocycles. The molecule has 0 radical (unpaired) electrons. The molecule has 1 aliphatic rings. The van der Waals surface area contributed by atoms with Crippen LogP contribution in [0.25, 0.3) is 0 Å². The maximum atomic E-state index is 13.4. The van der Waals surface area contributed by atoms with Gasteiger partial charge in [-0.05, 0) is 54.2 Å². The van der Waals surface area contributed by atoms with Crippen LogP contribution < -0.4 is 0 Å². The van der Waals surface area contributed by atoms with Gasteiger partial charge < -0.3 is 5.11 Å². The van der Waals surface area contributed by atoms with Crippen LogP contribution in [0.15, 0.2) is 24.3 Å². The first-order valence-electron chi connectivity index (χ1n) is 7.27. The summed E-state index contributed by atoms with van der Waals surface area (Å²) in [4.78, 5) is 11.5. The number of rotatable bonds is 2. The Bertz CT molecular complexity index is 490. The summed E-state index contributed by atoms with van der Waals surface area (Å²) >= 11 is 0. The lowest BCUT2D eigenvalue weighted by Gasteiger charge is -2.40. The molecule has 110 valence electrons. The molecule has 0 bridgehead atoms. The van der Waals surface area contributed by atoms with E-state index in [9.17, 15) is 14.3 Å².